The van der Waals surface area contributed by atoms with Gasteiger partial charge in [0.2, 0.25) is 11.7 Å². The molecule has 124 valence electrons. The maximum Gasteiger partial charge on any atom is 0.217 e. The molecule has 0 heterocycles. The first-order valence-corrected chi connectivity index (χ1v) is 7.64. The molecule has 0 aliphatic rings. The van der Waals surface area contributed by atoms with Crippen LogP contribution in [0.25, 0.3) is 0 Å². The Morgan fingerprint density at radius 1 is 1.08 bits per heavy atom. The van der Waals surface area contributed by atoms with Gasteiger partial charge in [-0.15, -0.1) is 0 Å². The van der Waals surface area contributed by atoms with Crippen molar-refractivity contribution in [2.24, 2.45) is 0 Å². The van der Waals surface area contributed by atoms with Crippen LogP contribution in [0.1, 0.15) is 25.0 Å². The molecule has 5 heteroatoms. The number of hydrogen-bond acceptors (Lipinski definition) is 4. The van der Waals surface area contributed by atoms with Gasteiger partial charge in [0, 0.05) is 12.5 Å². The molecule has 5 nitrogen and oxygen atoms in total. The van der Waals surface area contributed by atoms with Crippen molar-refractivity contribution in [1.29, 1.82) is 5.41 Å². The van der Waals surface area contributed by atoms with Gasteiger partial charge in [0.25, 0.3) is 0 Å². The molecular formula is C19H20N2O3. The minimum Gasteiger partial charge on any atom is -0.489 e. The van der Waals surface area contributed by atoms with Gasteiger partial charge < -0.3 is 10.1 Å². The maximum absolute atomic E-state index is 12.1. The molecule has 0 spiro atoms. The van der Waals surface area contributed by atoms with Crippen LogP contribution in [0.2, 0.25) is 0 Å². The monoisotopic (exact) mass is 324 g/mol. The number of benzene rings is 2. The molecule has 2 rings (SSSR count). The highest BCUT2D eigenvalue weighted by Crippen LogP contribution is 2.15. The fraction of sp³-hybridized carbons (Fsp3) is 0.211. The van der Waals surface area contributed by atoms with Crippen LogP contribution in [0.3, 0.4) is 0 Å². The van der Waals surface area contributed by atoms with Gasteiger partial charge in [-0.3, -0.25) is 15.0 Å². The van der Waals surface area contributed by atoms with E-state index in [1.165, 1.54) is 6.92 Å². The largest absolute Gasteiger partial charge is 0.489 e. The summed E-state index contributed by atoms with van der Waals surface area (Å²) in [6.45, 7) is 3.36. The second kappa shape index (κ2) is 8.06. The van der Waals surface area contributed by atoms with Gasteiger partial charge >= 0.3 is 0 Å². The van der Waals surface area contributed by atoms with Crippen molar-refractivity contribution in [3.8, 4) is 5.75 Å². The van der Waals surface area contributed by atoms with Gasteiger partial charge in [-0.1, -0.05) is 30.3 Å². The normalized spacial score (nSPS) is 11.4. The molecule has 2 aromatic carbocycles. The highest BCUT2D eigenvalue weighted by atomic mass is 16.5. The molecule has 0 aliphatic carbocycles. The Morgan fingerprint density at radius 3 is 2.29 bits per heavy atom. The number of hydrogen-bond donors (Lipinski definition) is 2. The van der Waals surface area contributed by atoms with E-state index in [9.17, 15) is 9.59 Å². The third kappa shape index (κ3) is 4.78. The molecule has 0 radical (unpaired) electrons. The summed E-state index contributed by atoms with van der Waals surface area (Å²) in [6.07, 6.45) is 0. The molecule has 24 heavy (non-hydrogen) atoms. The zero-order valence-electron chi connectivity index (χ0n) is 13.7. The topological polar surface area (TPSA) is 79.3 Å². The molecule has 2 aromatic rings. The third-order valence-corrected chi connectivity index (χ3v) is 3.45. The fourth-order valence-electron chi connectivity index (χ4n) is 2.19. The summed E-state index contributed by atoms with van der Waals surface area (Å²) in [5.41, 5.74) is 1.42. The van der Waals surface area contributed by atoms with Crippen molar-refractivity contribution in [2.45, 2.75) is 26.5 Å². The van der Waals surface area contributed by atoms with Gasteiger partial charge in [-0.05, 0) is 36.8 Å². The third-order valence-electron chi connectivity index (χ3n) is 3.45. The van der Waals surface area contributed by atoms with Crippen molar-refractivity contribution in [3.63, 3.8) is 0 Å². The zero-order chi connectivity index (χ0) is 17.5. The molecule has 0 fully saturated rings. The van der Waals surface area contributed by atoms with Crippen LogP contribution in [-0.2, 0) is 16.2 Å². The van der Waals surface area contributed by atoms with Gasteiger partial charge in [0.05, 0.1) is 6.04 Å². The average molecular weight is 324 g/mol. The van der Waals surface area contributed by atoms with E-state index in [0.717, 1.165) is 5.56 Å². The average Bonchev–Trinajstić information content (AvgIpc) is 2.59. The van der Waals surface area contributed by atoms with Crippen LogP contribution in [0.5, 0.6) is 5.75 Å². The molecule has 0 saturated heterocycles. The smallest absolute Gasteiger partial charge is 0.217 e. The first-order valence-electron chi connectivity index (χ1n) is 7.64. The first-order chi connectivity index (χ1) is 11.5. The Hall–Kier alpha value is -2.95. The van der Waals surface area contributed by atoms with Crippen molar-refractivity contribution in [3.05, 3.63) is 65.7 Å². The second-order valence-corrected chi connectivity index (χ2v) is 5.46. The van der Waals surface area contributed by atoms with Gasteiger partial charge in [0.1, 0.15) is 18.1 Å². The highest BCUT2D eigenvalue weighted by molar-refractivity contribution is 6.46. The maximum atomic E-state index is 12.1. The van der Waals surface area contributed by atoms with E-state index in [1.807, 2.05) is 30.3 Å². The lowest BCUT2D eigenvalue weighted by molar-refractivity contribution is -0.123. The van der Waals surface area contributed by atoms with E-state index in [1.54, 1.807) is 31.2 Å². The van der Waals surface area contributed by atoms with Crippen LogP contribution >= 0.6 is 0 Å². The Bertz CT molecular complexity index is 724. The summed E-state index contributed by atoms with van der Waals surface area (Å²) in [6, 6.07) is 15.9. The van der Waals surface area contributed by atoms with Gasteiger partial charge in [0.15, 0.2) is 0 Å². The SMILES string of the molecule is CC(=O)N[C@@H](C)C(=O)C(=N)c1ccc(OCc2ccccc2)cc1. The Balaban J connectivity index is 1.97. The highest BCUT2D eigenvalue weighted by Gasteiger charge is 2.19. The molecule has 1 amide bonds. The summed E-state index contributed by atoms with van der Waals surface area (Å²) in [7, 11) is 0. The van der Waals surface area contributed by atoms with Crippen molar-refractivity contribution in [1.82, 2.24) is 5.32 Å². The predicted molar refractivity (Wildman–Crippen MR) is 92.3 cm³/mol. The fourth-order valence-corrected chi connectivity index (χ4v) is 2.19. The van der Waals surface area contributed by atoms with Gasteiger partial charge in [-0.2, -0.15) is 0 Å². The second-order valence-electron chi connectivity index (χ2n) is 5.46. The van der Waals surface area contributed by atoms with E-state index in [-0.39, 0.29) is 11.6 Å². The number of amides is 1. The minimum absolute atomic E-state index is 0.133. The number of rotatable bonds is 7. The quantitative estimate of drug-likeness (QED) is 0.769. The van der Waals surface area contributed by atoms with Crippen molar-refractivity contribution < 1.29 is 14.3 Å². The summed E-state index contributed by atoms with van der Waals surface area (Å²) >= 11 is 0. The molecule has 0 aromatic heterocycles. The lowest BCUT2D eigenvalue weighted by Gasteiger charge is -2.12. The standard InChI is InChI=1S/C19H20N2O3/c1-13(21-14(2)22)19(23)18(20)16-8-10-17(11-9-16)24-12-15-6-4-3-5-7-15/h3-11,13,20H,12H2,1-2H3,(H,21,22)/t13-/m0/s1. The predicted octanol–water partition coefficient (Wildman–Crippen LogP) is 2.73. The number of ketones is 1. The Kier molecular flexibility index (Phi) is 5.84. The van der Waals surface area contributed by atoms with Crippen molar-refractivity contribution in [2.75, 3.05) is 0 Å². The number of carbonyl (C=O) groups is 2. The lowest BCUT2D eigenvalue weighted by atomic mass is 10.0. The van der Waals surface area contributed by atoms with Crippen LogP contribution < -0.4 is 10.1 Å². The first kappa shape index (κ1) is 17.4. The molecule has 2 N–H and O–H groups in total. The van der Waals surface area contributed by atoms with Crippen LogP contribution in [0, 0.1) is 5.41 Å². The minimum atomic E-state index is -0.719. The summed E-state index contributed by atoms with van der Waals surface area (Å²) in [5, 5.41) is 10.5. The Labute approximate surface area is 141 Å². The molecule has 0 saturated carbocycles. The van der Waals surface area contributed by atoms with Gasteiger partial charge in [-0.25, -0.2) is 0 Å². The molecule has 0 aliphatic heterocycles. The van der Waals surface area contributed by atoms with E-state index < -0.39 is 11.8 Å². The molecule has 1 atom stereocenters. The molecule has 0 unspecified atom stereocenters. The number of Topliss-reactive ketones (excluding diaryl/α,β-unsaturated/α-hetero) is 1. The zero-order valence-corrected chi connectivity index (χ0v) is 13.7. The number of nitrogens with one attached hydrogen (secondary N) is 2. The summed E-state index contributed by atoms with van der Waals surface area (Å²) in [5.74, 6) is -0.0609. The van der Waals surface area contributed by atoms with Crippen molar-refractivity contribution >= 4 is 17.4 Å². The van der Waals surface area contributed by atoms with Crippen LogP contribution in [0.15, 0.2) is 54.6 Å². The van der Waals surface area contributed by atoms with E-state index in [0.29, 0.717) is 17.9 Å². The molecular weight excluding hydrogens is 304 g/mol. The van der Waals surface area contributed by atoms with E-state index in [4.69, 9.17) is 10.1 Å². The molecule has 0 bridgehead atoms. The van der Waals surface area contributed by atoms with E-state index >= 15 is 0 Å². The summed E-state index contributed by atoms with van der Waals surface area (Å²) < 4.78 is 5.67. The van der Waals surface area contributed by atoms with Crippen LogP contribution in [-0.4, -0.2) is 23.4 Å². The van der Waals surface area contributed by atoms with Crippen LogP contribution in [0.4, 0.5) is 0 Å². The van der Waals surface area contributed by atoms with E-state index in [2.05, 4.69) is 5.32 Å². The number of ether oxygens (including phenoxy) is 1. The lowest BCUT2D eigenvalue weighted by Crippen LogP contribution is -2.40. The number of carbonyl (C=O) groups excluding carboxylic acids is 2. The Morgan fingerprint density at radius 2 is 1.71 bits per heavy atom. The summed E-state index contributed by atoms with van der Waals surface area (Å²) in [4.78, 5) is 23.1.